The fourth-order valence-electron chi connectivity index (χ4n) is 3.64. The molecule has 218 valence electrons. The van der Waals surface area contributed by atoms with Gasteiger partial charge in [0.2, 0.25) is 11.9 Å². The first-order valence-electron chi connectivity index (χ1n) is 11.7. The summed E-state index contributed by atoms with van der Waals surface area (Å²) in [4.78, 5) is 11.1. The van der Waals surface area contributed by atoms with Gasteiger partial charge in [-0.15, -0.1) is 0 Å². The number of methoxy groups -OCH3 is 1. The molecular formula is C24H23N5Na2O10S2. The fourth-order valence-corrected chi connectivity index (χ4v) is 5.04. The molecule has 0 fully saturated rings. The van der Waals surface area contributed by atoms with Crippen molar-refractivity contribution >= 4 is 48.6 Å². The second-order valence-electron chi connectivity index (χ2n) is 8.16. The number of rotatable bonds is 13. The first kappa shape index (κ1) is 37.1. The topological polar surface area (TPSA) is 225 Å². The number of ether oxygens (including phenoxy) is 3. The van der Waals surface area contributed by atoms with Crippen LogP contribution >= 0.6 is 0 Å². The van der Waals surface area contributed by atoms with Crippen LogP contribution in [-0.4, -0.2) is 79.5 Å². The van der Waals surface area contributed by atoms with E-state index < -0.39 is 30.0 Å². The van der Waals surface area contributed by atoms with Crippen LogP contribution in [0.2, 0.25) is 0 Å². The monoisotopic (exact) mass is 651 g/mol. The Labute approximate surface area is 291 Å². The second-order valence-corrected chi connectivity index (χ2v) is 10.9. The molecule has 0 spiro atoms. The van der Waals surface area contributed by atoms with Crippen molar-refractivity contribution in [3.8, 4) is 17.5 Å². The van der Waals surface area contributed by atoms with Crippen molar-refractivity contribution in [3.05, 3.63) is 54.6 Å². The van der Waals surface area contributed by atoms with Crippen LogP contribution < -0.4 is 79.2 Å². The molecule has 0 amide bonds. The number of fused-ring (bicyclic) bond motifs is 1. The maximum atomic E-state index is 12.0. The summed E-state index contributed by atoms with van der Waals surface area (Å²) in [6.07, 6.45) is 0. The molecule has 0 saturated heterocycles. The predicted octanol–water partition coefficient (Wildman–Crippen LogP) is -4.19. The second kappa shape index (κ2) is 16.3. The number of hydrogen-bond donors (Lipinski definition) is 3. The third-order valence-corrected chi connectivity index (χ3v) is 7.13. The SMILES string of the molecule is COc1ccc(Oc2nc(NCCOCCO)nc(Nc3cc(S(=O)(=O)[O-])c4cccc(S(=O)(=O)[O-])c4c3)n2)cc1.[Na+].[Na+]. The zero-order valence-corrected chi connectivity index (χ0v) is 28.9. The quantitative estimate of drug-likeness (QED) is 0.0708. The largest absolute Gasteiger partial charge is 1.00 e. The van der Waals surface area contributed by atoms with Crippen molar-refractivity contribution in [2.45, 2.75) is 9.79 Å². The van der Waals surface area contributed by atoms with Gasteiger partial charge >= 0.3 is 65.1 Å². The molecule has 3 N–H and O–H groups in total. The summed E-state index contributed by atoms with van der Waals surface area (Å²) in [5, 5.41) is 13.9. The Morgan fingerprint density at radius 2 is 1.47 bits per heavy atom. The summed E-state index contributed by atoms with van der Waals surface area (Å²) >= 11 is 0. The van der Waals surface area contributed by atoms with E-state index in [1.165, 1.54) is 19.2 Å². The molecule has 4 rings (SSSR count). The minimum Gasteiger partial charge on any atom is -0.744 e. The Morgan fingerprint density at radius 1 is 0.814 bits per heavy atom. The summed E-state index contributed by atoms with van der Waals surface area (Å²) in [6, 6.07) is 11.8. The van der Waals surface area contributed by atoms with Gasteiger partial charge < -0.3 is 39.1 Å². The molecule has 0 atom stereocenters. The first-order valence-corrected chi connectivity index (χ1v) is 14.6. The molecule has 19 heteroatoms. The average molecular weight is 652 g/mol. The van der Waals surface area contributed by atoms with Crippen LogP contribution in [0.25, 0.3) is 10.8 Å². The third kappa shape index (κ3) is 10.2. The van der Waals surface area contributed by atoms with Crippen molar-refractivity contribution < 1.29 is 104 Å². The summed E-state index contributed by atoms with van der Waals surface area (Å²) in [5.41, 5.74) is -0.109. The van der Waals surface area contributed by atoms with Gasteiger partial charge in [0.05, 0.1) is 36.7 Å². The normalized spacial score (nSPS) is 11.3. The van der Waals surface area contributed by atoms with Gasteiger partial charge in [0, 0.05) is 23.0 Å². The maximum Gasteiger partial charge on any atom is 1.00 e. The third-order valence-electron chi connectivity index (χ3n) is 5.36. The van der Waals surface area contributed by atoms with Gasteiger partial charge in [-0.2, -0.15) is 15.0 Å². The number of anilines is 3. The summed E-state index contributed by atoms with van der Waals surface area (Å²) < 4.78 is 87.7. The number of aliphatic hydroxyl groups excluding tert-OH is 1. The van der Waals surface area contributed by atoms with Gasteiger partial charge in [-0.1, -0.05) is 12.1 Å². The van der Waals surface area contributed by atoms with Crippen molar-refractivity contribution in [3.63, 3.8) is 0 Å². The van der Waals surface area contributed by atoms with E-state index in [-0.39, 0.29) is 120 Å². The fraction of sp³-hybridized carbons (Fsp3) is 0.208. The Balaban J connectivity index is 0.00000323. The summed E-state index contributed by atoms with van der Waals surface area (Å²) in [6.45, 7) is 0.406. The molecule has 3 aromatic carbocycles. The number of nitrogens with one attached hydrogen (secondary N) is 2. The number of hydrogen-bond acceptors (Lipinski definition) is 15. The summed E-state index contributed by atoms with van der Waals surface area (Å²) in [5.74, 6) is 0.758. The molecule has 0 saturated carbocycles. The van der Waals surface area contributed by atoms with Crippen molar-refractivity contribution in [1.82, 2.24) is 15.0 Å². The smallest absolute Gasteiger partial charge is 0.744 e. The number of aromatic nitrogens is 3. The van der Waals surface area contributed by atoms with Crippen LogP contribution in [0.5, 0.6) is 17.5 Å². The van der Waals surface area contributed by atoms with E-state index in [2.05, 4.69) is 25.6 Å². The molecule has 1 aromatic heterocycles. The summed E-state index contributed by atoms with van der Waals surface area (Å²) in [7, 11) is -8.63. The molecule has 0 aliphatic carbocycles. The van der Waals surface area contributed by atoms with Crippen molar-refractivity contribution in [2.24, 2.45) is 0 Å². The van der Waals surface area contributed by atoms with Crippen LogP contribution in [-0.2, 0) is 25.0 Å². The predicted molar refractivity (Wildman–Crippen MR) is 142 cm³/mol. The Kier molecular flexibility index (Phi) is 14.0. The molecule has 43 heavy (non-hydrogen) atoms. The standard InChI is InChI=1S/C24H25N5O10S2.2Na/c1-37-16-5-7-17(8-6-16)39-24-28-22(25-9-11-38-12-10-30)27-23(29-24)26-15-13-19-18(21(14-15)41(34,35)36)3-2-4-20(19)40(31,32)33;;/h2-8,13-14,30H,9-12H2,1H3,(H,31,32,33)(H,34,35,36)(H2,25,26,27,28,29);;/q;2*+1/p-2. The van der Waals surface area contributed by atoms with Crippen molar-refractivity contribution in [1.29, 1.82) is 0 Å². The molecule has 0 radical (unpaired) electrons. The Morgan fingerprint density at radius 3 is 2.09 bits per heavy atom. The van der Waals surface area contributed by atoms with Crippen molar-refractivity contribution in [2.75, 3.05) is 44.1 Å². The molecule has 0 aliphatic heterocycles. The van der Waals surface area contributed by atoms with E-state index in [0.29, 0.717) is 11.5 Å². The van der Waals surface area contributed by atoms with E-state index in [1.807, 2.05) is 0 Å². The van der Waals surface area contributed by atoms with E-state index >= 15 is 0 Å². The molecule has 15 nitrogen and oxygen atoms in total. The van der Waals surface area contributed by atoms with Crippen LogP contribution in [0, 0.1) is 0 Å². The average Bonchev–Trinajstić information content (AvgIpc) is 2.91. The molecule has 4 aromatic rings. The minimum absolute atomic E-state index is 0. The van der Waals surface area contributed by atoms with Crippen LogP contribution in [0.15, 0.2) is 64.4 Å². The van der Waals surface area contributed by atoms with E-state index in [1.54, 1.807) is 24.3 Å². The van der Waals surface area contributed by atoms with Crippen LogP contribution in [0.3, 0.4) is 0 Å². The first-order chi connectivity index (χ1) is 19.5. The maximum absolute atomic E-state index is 12.0. The zero-order valence-electron chi connectivity index (χ0n) is 23.3. The van der Waals surface area contributed by atoms with E-state index in [0.717, 1.165) is 18.2 Å². The number of aliphatic hydroxyl groups is 1. The zero-order chi connectivity index (χ0) is 29.6. The van der Waals surface area contributed by atoms with Gasteiger partial charge in [-0.05, 0) is 42.5 Å². The van der Waals surface area contributed by atoms with Gasteiger partial charge in [0.1, 0.15) is 31.7 Å². The van der Waals surface area contributed by atoms with Gasteiger partial charge in [0.15, 0.2) is 0 Å². The molecule has 0 unspecified atom stereocenters. The number of nitrogens with zero attached hydrogens (tertiary/aromatic N) is 3. The van der Waals surface area contributed by atoms with Gasteiger partial charge in [-0.25, -0.2) is 16.8 Å². The van der Waals surface area contributed by atoms with Crippen LogP contribution in [0.1, 0.15) is 0 Å². The van der Waals surface area contributed by atoms with E-state index in [4.69, 9.17) is 19.3 Å². The van der Waals surface area contributed by atoms with E-state index in [9.17, 15) is 25.9 Å². The Hall–Kier alpha value is -2.13. The van der Waals surface area contributed by atoms with Gasteiger partial charge in [0.25, 0.3) is 0 Å². The van der Waals surface area contributed by atoms with Crippen LogP contribution in [0.4, 0.5) is 17.6 Å². The Bertz CT molecular complexity index is 1760. The molecule has 1 heterocycles. The minimum atomic E-state index is -5.11. The molecule has 0 aliphatic rings. The van der Waals surface area contributed by atoms with Gasteiger partial charge in [-0.3, -0.25) is 0 Å². The molecule has 0 bridgehead atoms. The number of benzene rings is 3. The molecular weight excluding hydrogens is 628 g/mol.